The van der Waals surface area contributed by atoms with Crippen LogP contribution in [-0.4, -0.2) is 61.0 Å². The zero-order chi connectivity index (χ0) is 19.0. The van der Waals surface area contributed by atoms with Crippen LogP contribution in [0.25, 0.3) is 0 Å². The maximum atomic E-state index is 12.1. The highest BCUT2D eigenvalue weighted by atomic mass is 32.2. The summed E-state index contributed by atoms with van der Waals surface area (Å²) in [6.07, 6.45) is 6.61. The maximum absolute atomic E-state index is 12.1. The van der Waals surface area contributed by atoms with Crippen LogP contribution in [0, 0.1) is 0 Å². The van der Waals surface area contributed by atoms with E-state index < -0.39 is 10.0 Å². The lowest BCUT2D eigenvalue weighted by molar-refractivity contribution is -0.121. The summed E-state index contributed by atoms with van der Waals surface area (Å²) in [6.45, 7) is 3.91. The van der Waals surface area contributed by atoms with Gasteiger partial charge in [0.25, 0.3) is 0 Å². The van der Waals surface area contributed by atoms with Gasteiger partial charge in [-0.2, -0.15) is 4.31 Å². The summed E-state index contributed by atoms with van der Waals surface area (Å²) in [5, 5.41) is 2.73. The second-order valence-corrected chi connectivity index (χ2v) is 8.79. The Labute approximate surface area is 156 Å². The number of aromatic nitrogens is 2. The van der Waals surface area contributed by atoms with Crippen LogP contribution in [0.2, 0.25) is 0 Å². The molecular formula is C17H29N5O3S. The molecule has 2 rings (SSSR count). The van der Waals surface area contributed by atoms with Gasteiger partial charge in [0.05, 0.1) is 24.5 Å². The van der Waals surface area contributed by atoms with Gasteiger partial charge >= 0.3 is 0 Å². The van der Waals surface area contributed by atoms with E-state index in [-0.39, 0.29) is 24.7 Å². The number of hydrogen-bond donors (Lipinski definition) is 1. The Hall–Kier alpha value is -1.74. The first-order valence-electron chi connectivity index (χ1n) is 9.20. The average molecular weight is 384 g/mol. The van der Waals surface area contributed by atoms with Gasteiger partial charge in [-0.15, -0.1) is 0 Å². The Balaban J connectivity index is 1.85. The van der Waals surface area contributed by atoms with E-state index in [9.17, 15) is 13.2 Å². The van der Waals surface area contributed by atoms with Crippen LogP contribution in [-0.2, 0) is 21.4 Å². The second kappa shape index (κ2) is 9.82. The maximum Gasteiger partial charge on any atom is 0.235 e. The van der Waals surface area contributed by atoms with Crippen molar-refractivity contribution in [2.24, 2.45) is 0 Å². The number of amides is 1. The first kappa shape index (κ1) is 20.6. The number of piperidine rings is 1. The molecule has 146 valence electrons. The summed E-state index contributed by atoms with van der Waals surface area (Å²) in [5.41, 5.74) is 0.713. The third-order valence-corrected chi connectivity index (χ3v) is 6.29. The van der Waals surface area contributed by atoms with E-state index in [1.807, 2.05) is 6.92 Å². The molecule has 0 spiro atoms. The third-order valence-electron chi connectivity index (χ3n) is 4.40. The van der Waals surface area contributed by atoms with Crippen molar-refractivity contribution >= 4 is 21.9 Å². The number of nitrogens with zero attached hydrogens (tertiary/aromatic N) is 4. The number of hydrogen-bond acceptors (Lipinski definition) is 6. The van der Waals surface area contributed by atoms with Crippen molar-refractivity contribution in [1.29, 1.82) is 0 Å². The van der Waals surface area contributed by atoms with E-state index in [0.29, 0.717) is 18.1 Å². The van der Waals surface area contributed by atoms with Crippen molar-refractivity contribution < 1.29 is 13.2 Å². The Morgan fingerprint density at radius 2 is 2.04 bits per heavy atom. The first-order chi connectivity index (χ1) is 12.4. The number of anilines is 1. The normalized spacial score (nSPS) is 15.3. The fourth-order valence-corrected chi connectivity index (χ4v) is 4.04. The van der Waals surface area contributed by atoms with E-state index in [0.717, 1.165) is 36.7 Å². The lowest BCUT2D eigenvalue weighted by Gasteiger charge is -2.26. The highest BCUT2D eigenvalue weighted by molar-refractivity contribution is 7.89. The topological polar surface area (TPSA) is 95.5 Å². The van der Waals surface area contributed by atoms with E-state index in [1.165, 1.54) is 13.5 Å². The Morgan fingerprint density at radius 3 is 2.73 bits per heavy atom. The molecule has 26 heavy (non-hydrogen) atoms. The molecule has 1 N–H and O–H groups in total. The van der Waals surface area contributed by atoms with E-state index in [1.54, 1.807) is 12.3 Å². The molecule has 1 fully saturated rings. The fourth-order valence-electron chi connectivity index (χ4n) is 2.76. The van der Waals surface area contributed by atoms with Crippen molar-refractivity contribution in [2.45, 2.75) is 45.6 Å². The van der Waals surface area contributed by atoms with Gasteiger partial charge in [-0.05, 0) is 31.7 Å². The molecule has 0 atom stereocenters. The van der Waals surface area contributed by atoms with E-state index >= 15 is 0 Å². The molecule has 1 aromatic rings. The molecule has 0 saturated carbocycles. The standard InChI is InChI=1S/C17H29N5O3S/c1-3-4-12-26(24,25)21(2)14-16(23)19-13-15-8-9-18-17(20-15)22-10-6-5-7-11-22/h8-9H,3-7,10-14H2,1-2H3,(H,19,23). The lowest BCUT2D eigenvalue weighted by atomic mass is 10.1. The minimum absolute atomic E-state index is 0.0678. The molecule has 1 aliphatic heterocycles. The summed E-state index contributed by atoms with van der Waals surface area (Å²) >= 11 is 0. The molecular weight excluding hydrogens is 354 g/mol. The lowest BCUT2D eigenvalue weighted by Crippen LogP contribution is -2.39. The highest BCUT2D eigenvalue weighted by Gasteiger charge is 2.20. The molecule has 0 unspecified atom stereocenters. The smallest absolute Gasteiger partial charge is 0.235 e. The molecule has 0 bridgehead atoms. The predicted octanol–water partition coefficient (Wildman–Crippen LogP) is 1.14. The monoisotopic (exact) mass is 383 g/mol. The van der Waals surface area contributed by atoms with Crippen molar-refractivity contribution in [3.63, 3.8) is 0 Å². The molecule has 1 aromatic heterocycles. The van der Waals surface area contributed by atoms with Crippen LogP contribution >= 0.6 is 0 Å². The van der Waals surface area contributed by atoms with Crippen LogP contribution < -0.4 is 10.2 Å². The van der Waals surface area contributed by atoms with Crippen LogP contribution in [0.4, 0.5) is 5.95 Å². The molecule has 9 heteroatoms. The second-order valence-electron chi connectivity index (χ2n) is 6.60. The first-order valence-corrected chi connectivity index (χ1v) is 10.8. The molecule has 0 aromatic carbocycles. The highest BCUT2D eigenvalue weighted by Crippen LogP contribution is 2.15. The van der Waals surface area contributed by atoms with Gasteiger partial charge in [0, 0.05) is 26.3 Å². The largest absolute Gasteiger partial charge is 0.349 e. The van der Waals surface area contributed by atoms with Crippen molar-refractivity contribution in [3.05, 3.63) is 18.0 Å². The summed E-state index contributed by atoms with van der Waals surface area (Å²) in [5.74, 6) is 0.416. The van der Waals surface area contributed by atoms with Crippen LogP contribution in [0.15, 0.2) is 12.3 Å². The molecule has 0 aliphatic carbocycles. The fraction of sp³-hybridized carbons (Fsp3) is 0.706. The molecule has 2 heterocycles. The molecule has 0 radical (unpaired) electrons. The molecule has 1 amide bonds. The molecule has 8 nitrogen and oxygen atoms in total. The van der Waals surface area contributed by atoms with Crippen LogP contribution in [0.3, 0.4) is 0 Å². The van der Waals surface area contributed by atoms with Gasteiger partial charge in [0.1, 0.15) is 0 Å². The number of carbonyl (C=O) groups is 1. The summed E-state index contributed by atoms with van der Waals surface area (Å²) < 4.78 is 25.2. The molecule has 1 saturated heterocycles. The van der Waals surface area contributed by atoms with E-state index in [4.69, 9.17) is 0 Å². The number of rotatable bonds is 9. The van der Waals surface area contributed by atoms with Crippen molar-refractivity contribution in [2.75, 3.05) is 37.3 Å². The van der Waals surface area contributed by atoms with E-state index in [2.05, 4.69) is 20.2 Å². The SMILES string of the molecule is CCCCS(=O)(=O)N(C)CC(=O)NCc1ccnc(N2CCCCC2)n1. The Kier molecular flexibility index (Phi) is 7.77. The Morgan fingerprint density at radius 1 is 1.31 bits per heavy atom. The zero-order valence-corrected chi connectivity index (χ0v) is 16.5. The van der Waals surface area contributed by atoms with Gasteiger partial charge in [-0.25, -0.2) is 18.4 Å². The Bertz CT molecular complexity index is 689. The number of sulfonamides is 1. The quantitative estimate of drug-likeness (QED) is 0.687. The number of unbranched alkanes of at least 4 members (excludes halogenated alkanes) is 1. The summed E-state index contributed by atoms with van der Waals surface area (Å²) in [6, 6.07) is 1.76. The van der Waals surface area contributed by atoms with Gasteiger partial charge in [0.15, 0.2) is 0 Å². The van der Waals surface area contributed by atoms with Gasteiger partial charge in [-0.3, -0.25) is 4.79 Å². The molecule has 1 aliphatic rings. The average Bonchev–Trinajstić information content (AvgIpc) is 2.65. The third kappa shape index (κ3) is 6.21. The zero-order valence-electron chi connectivity index (χ0n) is 15.6. The summed E-state index contributed by atoms with van der Waals surface area (Å²) in [4.78, 5) is 23.0. The van der Waals surface area contributed by atoms with Crippen LogP contribution in [0.1, 0.15) is 44.7 Å². The minimum atomic E-state index is -3.38. The van der Waals surface area contributed by atoms with Gasteiger partial charge in [-0.1, -0.05) is 13.3 Å². The number of nitrogens with one attached hydrogen (secondary N) is 1. The predicted molar refractivity (Wildman–Crippen MR) is 101 cm³/mol. The number of likely N-dealkylation sites (N-methyl/N-ethyl adjacent to an activating group) is 1. The number of carbonyl (C=O) groups excluding carboxylic acids is 1. The van der Waals surface area contributed by atoms with Gasteiger partial charge in [0.2, 0.25) is 21.9 Å². The minimum Gasteiger partial charge on any atom is -0.349 e. The summed E-state index contributed by atoms with van der Waals surface area (Å²) in [7, 11) is -1.95. The van der Waals surface area contributed by atoms with Crippen molar-refractivity contribution in [3.8, 4) is 0 Å². The van der Waals surface area contributed by atoms with Crippen LogP contribution in [0.5, 0.6) is 0 Å². The van der Waals surface area contributed by atoms with Gasteiger partial charge < -0.3 is 10.2 Å². The van der Waals surface area contributed by atoms with Crippen molar-refractivity contribution in [1.82, 2.24) is 19.6 Å².